The predicted molar refractivity (Wildman–Crippen MR) is 75.9 cm³/mol. The highest BCUT2D eigenvalue weighted by Gasteiger charge is 2.10. The van der Waals surface area contributed by atoms with E-state index < -0.39 is 9.84 Å². The summed E-state index contributed by atoms with van der Waals surface area (Å²) in [4.78, 5) is 0.295. The zero-order valence-electron chi connectivity index (χ0n) is 10.8. The first-order valence-corrected chi connectivity index (χ1v) is 8.20. The smallest absolute Gasteiger partial charge is 0.199 e. The van der Waals surface area contributed by atoms with Crippen LogP contribution in [-0.2, 0) is 16.3 Å². The highest BCUT2D eigenvalue weighted by atomic mass is 32.2. The average Bonchev–Trinajstić information content (AvgIpc) is 2.70. The van der Waals surface area contributed by atoms with E-state index in [2.05, 4.69) is 17.1 Å². The molecule has 0 saturated heterocycles. The number of benzene rings is 1. The number of nitrogens with zero attached hydrogens (tertiary/aromatic N) is 2. The molecule has 2 rings (SSSR count). The summed E-state index contributed by atoms with van der Waals surface area (Å²) in [6.07, 6.45) is 2.95. The van der Waals surface area contributed by atoms with E-state index >= 15 is 0 Å². The molecular weight excluding hydrogens is 282 g/mol. The molecule has 1 aromatic carbocycles. The van der Waals surface area contributed by atoms with Gasteiger partial charge in [-0.05, 0) is 42.9 Å². The van der Waals surface area contributed by atoms with Crippen LogP contribution in [0.2, 0.25) is 0 Å². The Labute approximate surface area is 117 Å². The van der Waals surface area contributed by atoms with Crippen LogP contribution in [0.3, 0.4) is 0 Å². The van der Waals surface area contributed by atoms with Crippen LogP contribution in [-0.4, -0.2) is 29.4 Å². The number of aryl methyl sites for hydroxylation is 1. The van der Waals surface area contributed by atoms with Gasteiger partial charge in [-0.3, -0.25) is 9.67 Å². The van der Waals surface area contributed by atoms with Crippen molar-refractivity contribution in [1.29, 1.82) is 0 Å². The molecule has 19 heavy (non-hydrogen) atoms. The molecule has 0 atom stereocenters. The van der Waals surface area contributed by atoms with Crippen LogP contribution >= 0.6 is 12.2 Å². The fraction of sp³-hybridized carbons (Fsp3) is 0.333. The van der Waals surface area contributed by atoms with Crippen molar-refractivity contribution in [3.05, 3.63) is 34.9 Å². The van der Waals surface area contributed by atoms with E-state index in [0.29, 0.717) is 9.67 Å². The van der Waals surface area contributed by atoms with Gasteiger partial charge in [0.05, 0.1) is 4.90 Å². The molecule has 1 aromatic heterocycles. The van der Waals surface area contributed by atoms with Crippen LogP contribution in [0, 0.1) is 4.77 Å². The van der Waals surface area contributed by atoms with Crippen molar-refractivity contribution in [3.8, 4) is 5.69 Å². The first-order chi connectivity index (χ1) is 8.93. The summed E-state index contributed by atoms with van der Waals surface area (Å²) in [6.45, 7) is 2.06. The number of hydrogen-bond donors (Lipinski definition) is 1. The van der Waals surface area contributed by atoms with Gasteiger partial charge in [0.15, 0.2) is 14.6 Å². The fourth-order valence-corrected chi connectivity index (χ4v) is 2.72. The Balaban J connectivity index is 2.49. The van der Waals surface area contributed by atoms with E-state index in [1.54, 1.807) is 24.3 Å². The second-order valence-electron chi connectivity index (χ2n) is 4.30. The molecule has 2 aromatic rings. The van der Waals surface area contributed by atoms with Crippen LogP contribution in [0.4, 0.5) is 0 Å². The maximum absolute atomic E-state index is 11.4. The number of H-pyrrole nitrogens is 1. The third kappa shape index (κ3) is 2.93. The van der Waals surface area contributed by atoms with Crippen molar-refractivity contribution in [2.24, 2.45) is 0 Å². The monoisotopic (exact) mass is 297 g/mol. The molecular formula is C12H15N3O2S2. The molecule has 0 aliphatic rings. The molecule has 102 valence electrons. The number of aromatic nitrogens is 3. The number of sulfone groups is 1. The molecule has 0 spiro atoms. The van der Waals surface area contributed by atoms with Gasteiger partial charge in [-0.2, -0.15) is 5.10 Å². The van der Waals surface area contributed by atoms with Gasteiger partial charge >= 0.3 is 0 Å². The minimum Gasteiger partial charge on any atom is -0.272 e. The predicted octanol–water partition coefficient (Wildman–Crippen LogP) is 2.29. The molecule has 5 nitrogen and oxygen atoms in total. The van der Waals surface area contributed by atoms with Gasteiger partial charge in [-0.25, -0.2) is 8.42 Å². The van der Waals surface area contributed by atoms with Crippen LogP contribution < -0.4 is 0 Å². The van der Waals surface area contributed by atoms with Crippen molar-refractivity contribution >= 4 is 22.1 Å². The Morgan fingerprint density at radius 1 is 1.32 bits per heavy atom. The van der Waals surface area contributed by atoms with Crippen molar-refractivity contribution < 1.29 is 8.42 Å². The van der Waals surface area contributed by atoms with E-state index in [1.165, 1.54) is 6.26 Å². The van der Waals surface area contributed by atoms with E-state index in [-0.39, 0.29) is 0 Å². The topological polar surface area (TPSA) is 67.8 Å². The molecule has 0 unspecified atom stereocenters. The van der Waals surface area contributed by atoms with E-state index in [4.69, 9.17) is 12.2 Å². The zero-order valence-corrected chi connectivity index (χ0v) is 12.4. The molecule has 0 radical (unpaired) electrons. The van der Waals surface area contributed by atoms with Crippen molar-refractivity contribution in [2.45, 2.75) is 24.7 Å². The third-order valence-electron chi connectivity index (χ3n) is 2.74. The van der Waals surface area contributed by atoms with E-state index in [0.717, 1.165) is 24.4 Å². The fourth-order valence-electron chi connectivity index (χ4n) is 1.83. The minimum absolute atomic E-state index is 0.295. The lowest BCUT2D eigenvalue weighted by molar-refractivity contribution is 0.602. The third-order valence-corrected chi connectivity index (χ3v) is 4.14. The van der Waals surface area contributed by atoms with Crippen molar-refractivity contribution in [3.63, 3.8) is 0 Å². The van der Waals surface area contributed by atoms with E-state index in [1.807, 2.05) is 4.57 Å². The lowest BCUT2D eigenvalue weighted by atomic mass is 10.3. The summed E-state index contributed by atoms with van der Waals surface area (Å²) < 4.78 is 25.2. The summed E-state index contributed by atoms with van der Waals surface area (Å²) in [5.74, 6) is 0.847. The lowest BCUT2D eigenvalue weighted by Crippen LogP contribution is -2.02. The lowest BCUT2D eigenvalue weighted by Gasteiger charge is -2.06. The number of aromatic amines is 1. The summed E-state index contributed by atoms with van der Waals surface area (Å²) in [5.41, 5.74) is 0.814. The molecule has 0 amide bonds. The van der Waals surface area contributed by atoms with Crippen LogP contribution in [0.1, 0.15) is 19.2 Å². The van der Waals surface area contributed by atoms with Crippen LogP contribution in [0.25, 0.3) is 5.69 Å². The Hall–Kier alpha value is -1.47. The number of nitrogens with one attached hydrogen (secondary N) is 1. The summed E-state index contributed by atoms with van der Waals surface area (Å²) in [6, 6.07) is 6.63. The van der Waals surface area contributed by atoms with Crippen molar-refractivity contribution in [1.82, 2.24) is 14.8 Å². The molecule has 1 N–H and O–H groups in total. The van der Waals surface area contributed by atoms with Gasteiger partial charge in [0, 0.05) is 18.4 Å². The Morgan fingerprint density at radius 3 is 2.47 bits per heavy atom. The van der Waals surface area contributed by atoms with Gasteiger partial charge < -0.3 is 0 Å². The van der Waals surface area contributed by atoms with Gasteiger partial charge in [-0.1, -0.05) is 6.92 Å². The second kappa shape index (κ2) is 5.26. The Bertz CT molecular complexity index is 727. The summed E-state index contributed by atoms with van der Waals surface area (Å²) >= 11 is 5.20. The highest BCUT2D eigenvalue weighted by Crippen LogP contribution is 2.16. The molecule has 0 aliphatic heterocycles. The maximum Gasteiger partial charge on any atom is 0.199 e. The largest absolute Gasteiger partial charge is 0.272 e. The van der Waals surface area contributed by atoms with Gasteiger partial charge in [0.2, 0.25) is 0 Å². The van der Waals surface area contributed by atoms with Gasteiger partial charge in [0.1, 0.15) is 5.82 Å². The zero-order chi connectivity index (χ0) is 14.0. The molecule has 0 saturated carbocycles. The Morgan fingerprint density at radius 2 is 1.95 bits per heavy atom. The quantitative estimate of drug-likeness (QED) is 0.879. The highest BCUT2D eigenvalue weighted by molar-refractivity contribution is 7.90. The SMILES string of the molecule is CCCc1n[nH]c(=S)n1-c1ccc(S(C)(=O)=O)cc1. The summed E-state index contributed by atoms with van der Waals surface area (Å²) in [5, 5.41) is 6.94. The standard InChI is InChI=1S/C12H15N3O2S2/c1-3-4-11-13-14-12(18)15(11)9-5-7-10(8-6-9)19(2,16)17/h5-8H,3-4H2,1-2H3,(H,14,18). The first kappa shape index (κ1) is 14.0. The molecule has 0 aliphatic carbocycles. The van der Waals surface area contributed by atoms with Gasteiger partial charge in [-0.15, -0.1) is 0 Å². The maximum atomic E-state index is 11.4. The van der Waals surface area contributed by atoms with Crippen molar-refractivity contribution in [2.75, 3.05) is 6.26 Å². The Kier molecular flexibility index (Phi) is 3.86. The normalized spacial score (nSPS) is 11.7. The molecule has 1 heterocycles. The number of rotatable bonds is 4. The van der Waals surface area contributed by atoms with Crippen LogP contribution in [0.5, 0.6) is 0 Å². The summed E-state index contributed by atoms with van der Waals surface area (Å²) in [7, 11) is -3.18. The molecule has 7 heteroatoms. The van der Waals surface area contributed by atoms with Gasteiger partial charge in [0.25, 0.3) is 0 Å². The van der Waals surface area contributed by atoms with Crippen LogP contribution in [0.15, 0.2) is 29.2 Å². The average molecular weight is 297 g/mol. The number of hydrogen-bond acceptors (Lipinski definition) is 4. The molecule has 0 bridgehead atoms. The second-order valence-corrected chi connectivity index (χ2v) is 6.70. The molecule has 0 fully saturated rings. The first-order valence-electron chi connectivity index (χ1n) is 5.90. The van der Waals surface area contributed by atoms with E-state index in [9.17, 15) is 8.42 Å². The minimum atomic E-state index is -3.18.